The van der Waals surface area contributed by atoms with E-state index in [1.165, 1.54) is 16.2 Å². The number of para-hydroxylation sites is 1. The molecule has 9 heteroatoms. The molecule has 0 saturated carbocycles. The quantitative estimate of drug-likeness (QED) is 0.490. The number of amides is 1. The molecule has 3 rings (SSSR count). The van der Waals surface area contributed by atoms with Gasteiger partial charge in [-0.15, -0.1) is 0 Å². The van der Waals surface area contributed by atoms with Crippen molar-refractivity contribution in [2.24, 2.45) is 0 Å². The zero-order chi connectivity index (χ0) is 17.4. The van der Waals surface area contributed by atoms with Crippen LogP contribution in [0.25, 0.3) is 10.2 Å². The average molecular weight is 421 g/mol. The second-order valence-corrected chi connectivity index (χ2v) is 7.21. The Morgan fingerprint density at radius 2 is 1.79 bits per heavy atom. The summed E-state index contributed by atoms with van der Waals surface area (Å²) in [6.45, 7) is 2.21. The standard InChI is InChI=1S/C15H9Cl4N3OS/c1-2-22(15-20-7-5-3-4-6-8(7)24-15)14(23)12-10(17)9(16)11(18)13(19)21-12/h3-6H,2H2,1H3. The Balaban J connectivity index is 2.07. The summed E-state index contributed by atoms with van der Waals surface area (Å²) in [5.41, 5.74) is 0.757. The van der Waals surface area contributed by atoms with E-state index < -0.39 is 5.91 Å². The molecular formula is C15H9Cl4N3OS. The van der Waals surface area contributed by atoms with Crippen molar-refractivity contribution < 1.29 is 4.79 Å². The van der Waals surface area contributed by atoms with Crippen LogP contribution in [0.3, 0.4) is 0 Å². The van der Waals surface area contributed by atoms with Gasteiger partial charge in [-0.05, 0) is 19.1 Å². The Bertz CT molecular complexity index is 911. The lowest BCUT2D eigenvalue weighted by Crippen LogP contribution is -2.31. The molecule has 0 N–H and O–H groups in total. The highest BCUT2D eigenvalue weighted by Crippen LogP contribution is 2.37. The van der Waals surface area contributed by atoms with Crippen LogP contribution in [0, 0.1) is 0 Å². The van der Waals surface area contributed by atoms with Crippen molar-refractivity contribution in [1.29, 1.82) is 0 Å². The monoisotopic (exact) mass is 419 g/mol. The van der Waals surface area contributed by atoms with Crippen molar-refractivity contribution in [3.8, 4) is 0 Å². The number of benzene rings is 1. The molecule has 0 bridgehead atoms. The second-order valence-electron chi connectivity index (χ2n) is 4.71. The summed E-state index contributed by atoms with van der Waals surface area (Å²) in [5, 5.41) is 0.458. The Hall–Kier alpha value is -1.11. The largest absolute Gasteiger partial charge is 0.283 e. The summed E-state index contributed by atoms with van der Waals surface area (Å²) >= 11 is 25.4. The summed E-state index contributed by atoms with van der Waals surface area (Å²) < 4.78 is 0.977. The first-order valence-corrected chi connectivity index (χ1v) is 9.14. The molecule has 4 nitrogen and oxygen atoms in total. The van der Waals surface area contributed by atoms with E-state index in [9.17, 15) is 4.79 Å². The Labute approximate surface area is 161 Å². The zero-order valence-electron chi connectivity index (χ0n) is 12.2. The van der Waals surface area contributed by atoms with E-state index in [2.05, 4.69) is 9.97 Å². The summed E-state index contributed by atoms with van der Waals surface area (Å²) in [4.78, 5) is 22.8. The molecule has 1 aromatic carbocycles. The average Bonchev–Trinajstić information content (AvgIpc) is 3.00. The minimum absolute atomic E-state index is 0.00189. The number of nitrogens with zero attached hydrogens (tertiary/aromatic N) is 3. The normalized spacial score (nSPS) is 11.0. The van der Waals surface area contributed by atoms with Gasteiger partial charge in [0.1, 0.15) is 5.15 Å². The molecule has 2 aromatic heterocycles. The smallest absolute Gasteiger partial charge is 0.280 e. The van der Waals surface area contributed by atoms with Gasteiger partial charge >= 0.3 is 0 Å². The van der Waals surface area contributed by atoms with Gasteiger partial charge < -0.3 is 0 Å². The fraction of sp³-hybridized carbons (Fsp3) is 0.133. The molecule has 0 aliphatic carbocycles. The molecule has 24 heavy (non-hydrogen) atoms. The molecule has 0 aliphatic rings. The summed E-state index contributed by atoms with van der Waals surface area (Å²) in [5.74, 6) is -0.443. The Kier molecular flexibility index (Phi) is 5.18. The number of hydrogen-bond acceptors (Lipinski definition) is 4. The molecule has 0 atom stereocenters. The molecule has 2 heterocycles. The molecular weight excluding hydrogens is 412 g/mol. The number of rotatable bonds is 3. The minimum Gasteiger partial charge on any atom is -0.283 e. The van der Waals surface area contributed by atoms with E-state index in [1.807, 2.05) is 31.2 Å². The van der Waals surface area contributed by atoms with Gasteiger partial charge in [0.15, 0.2) is 10.8 Å². The number of hydrogen-bond donors (Lipinski definition) is 0. The van der Waals surface area contributed by atoms with E-state index in [-0.39, 0.29) is 25.9 Å². The van der Waals surface area contributed by atoms with E-state index in [0.717, 1.165) is 10.2 Å². The fourth-order valence-corrected chi connectivity index (χ4v) is 3.93. The molecule has 0 radical (unpaired) electrons. The van der Waals surface area contributed by atoms with Gasteiger partial charge in [-0.1, -0.05) is 69.9 Å². The van der Waals surface area contributed by atoms with Gasteiger partial charge in [0.2, 0.25) is 0 Å². The SMILES string of the molecule is CCN(C(=O)c1nc(Cl)c(Cl)c(Cl)c1Cl)c1nc2ccccc2s1. The van der Waals surface area contributed by atoms with Crippen LogP contribution in [-0.2, 0) is 0 Å². The highest BCUT2D eigenvalue weighted by Gasteiger charge is 2.26. The maximum atomic E-state index is 12.9. The maximum Gasteiger partial charge on any atom is 0.280 e. The maximum absolute atomic E-state index is 12.9. The van der Waals surface area contributed by atoms with Gasteiger partial charge in [-0.2, -0.15) is 0 Å². The lowest BCUT2D eigenvalue weighted by molar-refractivity contribution is 0.0983. The van der Waals surface area contributed by atoms with Crippen LogP contribution < -0.4 is 4.90 Å². The predicted octanol–water partition coefficient (Wildman–Crippen LogP) is 5.97. The van der Waals surface area contributed by atoms with E-state index in [1.54, 1.807) is 0 Å². The van der Waals surface area contributed by atoms with Gasteiger partial charge in [0.05, 0.1) is 25.3 Å². The number of halogens is 4. The van der Waals surface area contributed by atoms with Crippen molar-refractivity contribution in [3.05, 3.63) is 50.2 Å². The molecule has 1 amide bonds. The molecule has 0 spiro atoms. The van der Waals surface area contributed by atoms with Crippen LogP contribution in [-0.4, -0.2) is 22.4 Å². The third kappa shape index (κ3) is 3.07. The van der Waals surface area contributed by atoms with Gasteiger partial charge in [-0.25, -0.2) is 9.97 Å². The fourth-order valence-electron chi connectivity index (χ4n) is 2.10. The van der Waals surface area contributed by atoms with Crippen molar-refractivity contribution in [3.63, 3.8) is 0 Å². The molecule has 124 valence electrons. The van der Waals surface area contributed by atoms with E-state index in [0.29, 0.717) is 11.7 Å². The van der Waals surface area contributed by atoms with E-state index >= 15 is 0 Å². The first kappa shape index (κ1) is 17.7. The molecule has 0 unspecified atom stereocenters. The topological polar surface area (TPSA) is 46.1 Å². The van der Waals surface area contributed by atoms with Crippen molar-refractivity contribution >= 4 is 79.0 Å². The Morgan fingerprint density at radius 1 is 1.08 bits per heavy atom. The molecule has 0 aliphatic heterocycles. The van der Waals surface area contributed by atoms with Crippen molar-refractivity contribution in [2.75, 3.05) is 11.4 Å². The first-order chi connectivity index (χ1) is 11.4. The highest BCUT2D eigenvalue weighted by atomic mass is 35.5. The highest BCUT2D eigenvalue weighted by molar-refractivity contribution is 7.22. The minimum atomic E-state index is -0.443. The molecule has 3 aromatic rings. The lowest BCUT2D eigenvalue weighted by atomic mass is 10.3. The van der Waals surface area contributed by atoms with Gasteiger partial charge in [-0.3, -0.25) is 9.69 Å². The number of aromatic nitrogens is 2. The molecule has 0 fully saturated rings. The second kappa shape index (κ2) is 7.02. The third-order valence-corrected chi connectivity index (χ3v) is 6.00. The van der Waals surface area contributed by atoms with Crippen LogP contribution in [0.1, 0.15) is 17.4 Å². The zero-order valence-corrected chi connectivity index (χ0v) is 16.0. The lowest BCUT2D eigenvalue weighted by Gasteiger charge is -2.18. The van der Waals surface area contributed by atoms with Crippen LogP contribution in [0.2, 0.25) is 20.2 Å². The van der Waals surface area contributed by atoms with Crippen molar-refractivity contribution in [1.82, 2.24) is 9.97 Å². The van der Waals surface area contributed by atoms with Gasteiger partial charge in [0.25, 0.3) is 5.91 Å². The number of pyridine rings is 1. The number of carbonyl (C=O) groups excluding carboxylic acids is 1. The van der Waals surface area contributed by atoms with Gasteiger partial charge in [0, 0.05) is 6.54 Å². The van der Waals surface area contributed by atoms with E-state index in [4.69, 9.17) is 46.4 Å². The summed E-state index contributed by atoms with van der Waals surface area (Å²) in [6, 6.07) is 7.63. The first-order valence-electron chi connectivity index (χ1n) is 6.81. The van der Waals surface area contributed by atoms with Crippen molar-refractivity contribution in [2.45, 2.75) is 6.92 Å². The summed E-state index contributed by atoms with van der Waals surface area (Å²) in [7, 11) is 0. The molecule has 0 saturated heterocycles. The number of fused-ring (bicyclic) bond motifs is 1. The van der Waals surface area contributed by atoms with Crippen LogP contribution in [0.15, 0.2) is 24.3 Å². The van der Waals surface area contributed by atoms with Crippen LogP contribution >= 0.6 is 57.7 Å². The number of carbonyl (C=O) groups is 1. The number of thiazole rings is 1. The Morgan fingerprint density at radius 3 is 2.46 bits per heavy atom. The summed E-state index contributed by atoms with van der Waals surface area (Å²) in [6.07, 6.45) is 0. The van der Waals surface area contributed by atoms with Crippen LogP contribution in [0.5, 0.6) is 0 Å². The predicted molar refractivity (Wildman–Crippen MR) is 101 cm³/mol. The number of anilines is 1. The van der Waals surface area contributed by atoms with Crippen LogP contribution in [0.4, 0.5) is 5.13 Å². The third-order valence-electron chi connectivity index (χ3n) is 3.26.